The fraction of sp³-hybridized carbons (Fsp3) is 0.138. The lowest BCUT2D eigenvalue weighted by Crippen LogP contribution is -1.99. The zero-order valence-corrected chi connectivity index (χ0v) is 20.5. The number of H-pyrrole nitrogens is 2. The van der Waals surface area contributed by atoms with Crippen molar-refractivity contribution < 1.29 is 0 Å². The third-order valence-electron chi connectivity index (χ3n) is 6.43. The molecule has 0 bridgehead atoms. The van der Waals surface area contributed by atoms with Gasteiger partial charge in [0, 0.05) is 52.4 Å². The first kappa shape index (κ1) is 22.6. The molecular formula is C29H26N8. The maximum atomic E-state index is 4.66. The fourth-order valence-electron chi connectivity index (χ4n) is 4.53. The Balaban J connectivity index is 1.37. The summed E-state index contributed by atoms with van der Waals surface area (Å²) < 4.78 is 0. The van der Waals surface area contributed by atoms with Crippen molar-refractivity contribution >= 4 is 27.5 Å². The quantitative estimate of drug-likeness (QED) is 0.220. The lowest BCUT2D eigenvalue weighted by atomic mass is 10.1. The highest BCUT2D eigenvalue weighted by Crippen LogP contribution is 2.34. The number of rotatable bonds is 8. The molecule has 0 fully saturated rings. The van der Waals surface area contributed by atoms with Crippen molar-refractivity contribution in [2.45, 2.75) is 26.2 Å². The number of unbranched alkanes of at least 4 members (excludes halogenated alkanes) is 1. The molecule has 6 heterocycles. The Kier molecular flexibility index (Phi) is 5.90. The fourth-order valence-corrected chi connectivity index (χ4v) is 4.53. The summed E-state index contributed by atoms with van der Waals surface area (Å²) >= 11 is 0. The van der Waals surface area contributed by atoms with Crippen molar-refractivity contribution in [3.05, 3.63) is 86.0 Å². The van der Waals surface area contributed by atoms with Gasteiger partial charge in [-0.2, -0.15) is 5.10 Å². The highest BCUT2D eigenvalue weighted by atomic mass is 15.1. The van der Waals surface area contributed by atoms with Crippen LogP contribution in [0.4, 0.5) is 5.69 Å². The molecule has 37 heavy (non-hydrogen) atoms. The molecule has 0 aromatic carbocycles. The Bertz CT molecular complexity index is 1710. The lowest BCUT2D eigenvalue weighted by molar-refractivity contribution is 0.791. The zero-order valence-electron chi connectivity index (χ0n) is 20.5. The molecule has 0 amide bonds. The summed E-state index contributed by atoms with van der Waals surface area (Å²) in [6.07, 6.45) is 15.9. The van der Waals surface area contributed by atoms with Gasteiger partial charge in [-0.15, -0.1) is 0 Å². The third-order valence-corrected chi connectivity index (χ3v) is 6.43. The minimum atomic E-state index is 0.820. The average molecular weight is 487 g/mol. The number of hydrogen-bond donors (Lipinski definition) is 3. The summed E-state index contributed by atoms with van der Waals surface area (Å²) in [5, 5.41) is 13.2. The predicted octanol–water partition coefficient (Wildman–Crippen LogP) is 6.74. The summed E-state index contributed by atoms with van der Waals surface area (Å²) in [6.45, 7) is 6.31. The highest BCUT2D eigenvalue weighted by Gasteiger charge is 2.15. The van der Waals surface area contributed by atoms with E-state index in [-0.39, 0.29) is 0 Å². The van der Waals surface area contributed by atoms with E-state index in [1.54, 1.807) is 18.6 Å². The molecule has 8 heteroatoms. The van der Waals surface area contributed by atoms with Gasteiger partial charge in [0.25, 0.3) is 0 Å². The third kappa shape index (κ3) is 4.45. The van der Waals surface area contributed by atoms with E-state index in [1.807, 2.05) is 49.1 Å². The minimum absolute atomic E-state index is 0.820. The zero-order chi connectivity index (χ0) is 25.2. The van der Waals surface area contributed by atoms with Crippen LogP contribution in [0.3, 0.4) is 0 Å². The molecular weight excluding hydrogens is 460 g/mol. The molecule has 6 aromatic rings. The number of nitrogens with zero attached hydrogens (tertiary/aromatic N) is 5. The van der Waals surface area contributed by atoms with Crippen molar-refractivity contribution in [2.24, 2.45) is 0 Å². The van der Waals surface area contributed by atoms with Crippen LogP contribution in [0.5, 0.6) is 0 Å². The van der Waals surface area contributed by atoms with Crippen molar-refractivity contribution in [2.75, 3.05) is 5.32 Å². The molecule has 0 aliphatic carbocycles. The molecule has 0 saturated heterocycles. The first-order chi connectivity index (χ1) is 18.2. The maximum absolute atomic E-state index is 4.66. The SMILES string of the molecule is C=C(CCCC)Nc1cncc(-c2cc3c(-c4cc5c(-c6ccncc6)cncc5[nH]4)n[nH]c3cn2)c1. The van der Waals surface area contributed by atoms with Crippen LogP contribution in [0.15, 0.2) is 86.0 Å². The summed E-state index contributed by atoms with van der Waals surface area (Å²) in [6, 6.07) is 10.2. The van der Waals surface area contributed by atoms with Gasteiger partial charge in [0.15, 0.2) is 0 Å². The van der Waals surface area contributed by atoms with Gasteiger partial charge in [-0.3, -0.25) is 25.0 Å². The number of nitrogens with one attached hydrogen (secondary N) is 3. The molecule has 0 unspecified atom stereocenters. The maximum Gasteiger partial charge on any atom is 0.116 e. The van der Waals surface area contributed by atoms with Crippen LogP contribution in [0.2, 0.25) is 0 Å². The second-order valence-electron chi connectivity index (χ2n) is 9.05. The molecule has 6 aromatic heterocycles. The molecule has 0 spiro atoms. The van der Waals surface area contributed by atoms with E-state index < -0.39 is 0 Å². The van der Waals surface area contributed by atoms with Gasteiger partial charge in [0.05, 0.1) is 46.7 Å². The van der Waals surface area contributed by atoms with Crippen molar-refractivity contribution in [3.8, 4) is 33.8 Å². The van der Waals surface area contributed by atoms with Crippen molar-refractivity contribution in [1.82, 2.24) is 35.1 Å². The van der Waals surface area contributed by atoms with Gasteiger partial charge in [-0.1, -0.05) is 19.9 Å². The summed E-state index contributed by atoms with van der Waals surface area (Å²) in [5.41, 5.74) is 9.27. The Morgan fingerprint density at radius 2 is 1.76 bits per heavy atom. The van der Waals surface area contributed by atoms with E-state index in [4.69, 9.17) is 0 Å². The normalized spacial score (nSPS) is 11.3. The molecule has 6 rings (SSSR count). The topological polar surface area (TPSA) is 108 Å². The van der Waals surface area contributed by atoms with Crippen LogP contribution in [0, 0.1) is 0 Å². The molecule has 0 atom stereocenters. The molecule has 8 nitrogen and oxygen atoms in total. The number of fused-ring (bicyclic) bond motifs is 2. The first-order valence-corrected chi connectivity index (χ1v) is 12.3. The Labute approximate surface area is 214 Å². The second kappa shape index (κ2) is 9.66. The van der Waals surface area contributed by atoms with Gasteiger partial charge in [0.2, 0.25) is 0 Å². The van der Waals surface area contributed by atoms with Crippen molar-refractivity contribution in [3.63, 3.8) is 0 Å². The summed E-state index contributed by atoms with van der Waals surface area (Å²) in [7, 11) is 0. The number of aromatic amines is 2. The lowest BCUT2D eigenvalue weighted by Gasteiger charge is -2.10. The van der Waals surface area contributed by atoms with Crippen molar-refractivity contribution in [1.29, 1.82) is 0 Å². The van der Waals surface area contributed by atoms with Gasteiger partial charge < -0.3 is 10.3 Å². The molecule has 182 valence electrons. The average Bonchev–Trinajstić information content (AvgIpc) is 3.56. The predicted molar refractivity (Wildman–Crippen MR) is 148 cm³/mol. The van der Waals surface area contributed by atoms with E-state index >= 15 is 0 Å². The Hall–Kier alpha value is -4.85. The van der Waals surface area contributed by atoms with E-state index in [0.717, 1.165) is 86.2 Å². The summed E-state index contributed by atoms with van der Waals surface area (Å²) in [5.74, 6) is 0. The first-order valence-electron chi connectivity index (χ1n) is 12.3. The van der Waals surface area contributed by atoms with E-state index in [9.17, 15) is 0 Å². The number of allylic oxidation sites excluding steroid dienone is 1. The molecule has 3 N–H and O–H groups in total. The number of hydrogen-bond acceptors (Lipinski definition) is 6. The standard InChI is InChI=1S/C29H26N8/c1-3-4-5-18(2)34-21-10-20(13-31-14-21)25-12-23-28(17-33-25)36-37-29(23)26-11-22-24(15-32-16-27(22)35-26)19-6-8-30-9-7-19/h6-17,34-35H,2-5H2,1H3,(H,36,37). The van der Waals surface area contributed by atoms with Crippen LogP contribution in [0.1, 0.15) is 26.2 Å². The second-order valence-corrected chi connectivity index (χ2v) is 9.05. The Morgan fingerprint density at radius 1 is 0.892 bits per heavy atom. The smallest absolute Gasteiger partial charge is 0.116 e. The van der Waals surface area contributed by atoms with E-state index in [2.05, 4.69) is 60.0 Å². The number of aromatic nitrogens is 7. The largest absolute Gasteiger partial charge is 0.358 e. The van der Waals surface area contributed by atoms with Gasteiger partial charge in [-0.25, -0.2) is 0 Å². The van der Waals surface area contributed by atoms with Gasteiger partial charge in [0.1, 0.15) is 5.69 Å². The number of anilines is 1. The molecule has 0 radical (unpaired) electrons. The van der Waals surface area contributed by atoms with Crippen LogP contribution in [-0.4, -0.2) is 35.1 Å². The Morgan fingerprint density at radius 3 is 2.62 bits per heavy atom. The van der Waals surface area contributed by atoms with Crippen LogP contribution in [-0.2, 0) is 0 Å². The van der Waals surface area contributed by atoms with Crippen LogP contribution < -0.4 is 5.32 Å². The van der Waals surface area contributed by atoms with Gasteiger partial charge in [-0.05, 0) is 48.7 Å². The van der Waals surface area contributed by atoms with Crippen LogP contribution in [0.25, 0.3) is 55.6 Å². The summed E-state index contributed by atoms with van der Waals surface area (Å²) in [4.78, 5) is 21.2. The van der Waals surface area contributed by atoms with Crippen LogP contribution >= 0.6 is 0 Å². The van der Waals surface area contributed by atoms with Gasteiger partial charge >= 0.3 is 0 Å². The monoisotopic (exact) mass is 486 g/mol. The number of pyridine rings is 4. The van der Waals surface area contributed by atoms with E-state index in [0.29, 0.717) is 0 Å². The highest BCUT2D eigenvalue weighted by molar-refractivity contribution is 6.01. The molecule has 0 saturated carbocycles. The van der Waals surface area contributed by atoms with E-state index in [1.165, 1.54) is 0 Å². The molecule has 0 aliphatic rings. The molecule has 0 aliphatic heterocycles. The minimum Gasteiger partial charge on any atom is -0.358 e.